The van der Waals surface area contributed by atoms with Crippen LogP contribution in [0.2, 0.25) is 0 Å². The van der Waals surface area contributed by atoms with Crippen LogP contribution in [-0.2, 0) is 11.3 Å². The third kappa shape index (κ3) is 3.67. The maximum Gasteiger partial charge on any atom is 0.131 e. The highest BCUT2D eigenvalue weighted by Crippen LogP contribution is 2.23. The van der Waals surface area contributed by atoms with Crippen LogP contribution in [0.5, 0.6) is 5.75 Å². The first-order valence-corrected chi connectivity index (χ1v) is 6.89. The summed E-state index contributed by atoms with van der Waals surface area (Å²) in [6, 6.07) is 4.97. The van der Waals surface area contributed by atoms with E-state index in [2.05, 4.69) is 12.2 Å². The summed E-state index contributed by atoms with van der Waals surface area (Å²) in [6.45, 7) is 4.42. The summed E-state index contributed by atoms with van der Waals surface area (Å²) in [6.07, 6.45) is 2.49. The van der Waals surface area contributed by atoms with Crippen molar-refractivity contribution in [3.8, 4) is 5.75 Å². The Bertz CT molecular complexity index is 411. The van der Waals surface area contributed by atoms with Gasteiger partial charge in [-0.15, -0.1) is 0 Å². The maximum absolute atomic E-state index is 13.7. The minimum Gasteiger partial charge on any atom is -0.497 e. The highest BCUT2D eigenvalue weighted by atomic mass is 19.1. The van der Waals surface area contributed by atoms with Gasteiger partial charge in [-0.1, -0.05) is 13.0 Å². The fraction of sp³-hybridized carbons (Fsp3) is 0.600. The molecule has 4 heteroatoms. The summed E-state index contributed by atoms with van der Waals surface area (Å²) >= 11 is 0. The van der Waals surface area contributed by atoms with Crippen LogP contribution in [0.4, 0.5) is 4.39 Å². The summed E-state index contributed by atoms with van der Waals surface area (Å²) in [7, 11) is 1.54. The zero-order valence-electron chi connectivity index (χ0n) is 11.6. The van der Waals surface area contributed by atoms with Gasteiger partial charge in [0.25, 0.3) is 0 Å². The molecular formula is C15H22FNO2. The van der Waals surface area contributed by atoms with Crippen molar-refractivity contribution >= 4 is 0 Å². The molecule has 0 amide bonds. The molecule has 0 radical (unpaired) electrons. The molecule has 1 N–H and O–H groups in total. The third-order valence-electron chi connectivity index (χ3n) is 3.73. The van der Waals surface area contributed by atoms with E-state index in [-0.39, 0.29) is 5.82 Å². The fourth-order valence-electron chi connectivity index (χ4n) is 2.57. The third-order valence-corrected chi connectivity index (χ3v) is 3.73. The van der Waals surface area contributed by atoms with Gasteiger partial charge in [-0.05, 0) is 24.8 Å². The summed E-state index contributed by atoms with van der Waals surface area (Å²) in [5.74, 6) is 0.879. The smallest absolute Gasteiger partial charge is 0.131 e. The normalized spacial score (nSPS) is 22.7. The number of benzene rings is 1. The van der Waals surface area contributed by atoms with Gasteiger partial charge >= 0.3 is 0 Å². The molecule has 0 aromatic heterocycles. The quantitative estimate of drug-likeness (QED) is 0.859. The van der Waals surface area contributed by atoms with E-state index in [1.54, 1.807) is 12.1 Å². The Hall–Kier alpha value is -1.13. The van der Waals surface area contributed by atoms with E-state index < -0.39 is 0 Å². The molecule has 1 aliphatic heterocycles. The summed E-state index contributed by atoms with van der Waals surface area (Å²) < 4.78 is 24.4. The average Bonchev–Trinajstić information content (AvgIpc) is 2.88. The molecule has 0 bridgehead atoms. The molecule has 0 saturated carbocycles. The molecule has 1 aromatic rings. The molecule has 2 atom stereocenters. The SMILES string of the molecule is CCC1OCCC1CNCc1ccc(OC)cc1F. The van der Waals surface area contributed by atoms with Gasteiger partial charge in [0, 0.05) is 31.3 Å². The van der Waals surface area contributed by atoms with Crippen LogP contribution in [0.25, 0.3) is 0 Å². The Balaban J connectivity index is 1.82. The topological polar surface area (TPSA) is 30.5 Å². The second-order valence-corrected chi connectivity index (χ2v) is 4.95. The molecule has 3 nitrogen and oxygen atoms in total. The first-order valence-electron chi connectivity index (χ1n) is 6.89. The van der Waals surface area contributed by atoms with Crippen molar-refractivity contribution in [3.05, 3.63) is 29.6 Å². The van der Waals surface area contributed by atoms with Gasteiger partial charge in [0.05, 0.1) is 13.2 Å². The van der Waals surface area contributed by atoms with Crippen LogP contribution in [0.3, 0.4) is 0 Å². The van der Waals surface area contributed by atoms with E-state index in [1.165, 1.54) is 13.2 Å². The summed E-state index contributed by atoms with van der Waals surface area (Å²) in [5.41, 5.74) is 0.674. The van der Waals surface area contributed by atoms with Crippen LogP contribution in [0.1, 0.15) is 25.3 Å². The Kier molecular flexibility index (Phi) is 5.16. The predicted octanol–water partition coefficient (Wildman–Crippen LogP) is 2.74. The van der Waals surface area contributed by atoms with Crippen LogP contribution in [0, 0.1) is 11.7 Å². The Morgan fingerprint density at radius 3 is 3.00 bits per heavy atom. The minimum atomic E-state index is -0.221. The van der Waals surface area contributed by atoms with Crippen molar-refractivity contribution in [2.45, 2.75) is 32.4 Å². The van der Waals surface area contributed by atoms with Crippen molar-refractivity contribution in [2.24, 2.45) is 5.92 Å². The second-order valence-electron chi connectivity index (χ2n) is 4.95. The van der Waals surface area contributed by atoms with E-state index >= 15 is 0 Å². The fourth-order valence-corrected chi connectivity index (χ4v) is 2.57. The van der Waals surface area contributed by atoms with Crippen molar-refractivity contribution in [2.75, 3.05) is 20.3 Å². The number of hydrogen-bond acceptors (Lipinski definition) is 3. The van der Waals surface area contributed by atoms with Crippen molar-refractivity contribution in [1.29, 1.82) is 0 Å². The number of nitrogens with one attached hydrogen (secondary N) is 1. The monoisotopic (exact) mass is 267 g/mol. The minimum absolute atomic E-state index is 0.221. The van der Waals surface area contributed by atoms with Crippen molar-refractivity contribution in [1.82, 2.24) is 5.32 Å². The second kappa shape index (κ2) is 6.87. The molecular weight excluding hydrogens is 245 g/mol. The van der Waals surface area contributed by atoms with Gasteiger partial charge in [-0.2, -0.15) is 0 Å². The first kappa shape index (κ1) is 14.3. The standard InChI is InChI=1S/C15H22FNO2/c1-3-15-12(6-7-19-15)10-17-9-11-4-5-13(18-2)8-14(11)16/h4-5,8,12,15,17H,3,6-7,9-10H2,1-2H3. The lowest BCUT2D eigenvalue weighted by Crippen LogP contribution is -2.28. The van der Waals surface area contributed by atoms with E-state index in [1.807, 2.05) is 0 Å². The van der Waals surface area contributed by atoms with Crippen LogP contribution in [-0.4, -0.2) is 26.4 Å². The van der Waals surface area contributed by atoms with Crippen molar-refractivity contribution in [3.63, 3.8) is 0 Å². The molecule has 1 aromatic carbocycles. The lowest BCUT2D eigenvalue weighted by atomic mass is 9.99. The molecule has 106 valence electrons. The van der Waals surface area contributed by atoms with E-state index in [0.717, 1.165) is 26.0 Å². The van der Waals surface area contributed by atoms with Crippen LogP contribution in [0.15, 0.2) is 18.2 Å². The maximum atomic E-state index is 13.7. The lowest BCUT2D eigenvalue weighted by Gasteiger charge is -2.17. The molecule has 0 aliphatic carbocycles. The van der Waals surface area contributed by atoms with Crippen molar-refractivity contribution < 1.29 is 13.9 Å². The number of halogens is 1. The average molecular weight is 267 g/mol. The molecule has 2 rings (SSSR count). The Morgan fingerprint density at radius 2 is 2.32 bits per heavy atom. The number of rotatable bonds is 6. The number of hydrogen-bond donors (Lipinski definition) is 1. The molecule has 1 saturated heterocycles. The molecule has 19 heavy (non-hydrogen) atoms. The molecule has 2 unspecified atom stereocenters. The van der Waals surface area contributed by atoms with Gasteiger partial charge in [-0.25, -0.2) is 4.39 Å². The molecule has 1 aliphatic rings. The van der Waals surface area contributed by atoms with E-state index in [9.17, 15) is 4.39 Å². The molecule has 1 heterocycles. The Labute approximate surface area is 114 Å². The summed E-state index contributed by atoms with van der Waals surface area (Å²) in [4.78, 5) is 0. The van der Waals surface area contributed by atoms with Gasteiger partial charge in [-0.3, -0.25) is 0 Å². The summed E-state index contributed by atoms with van der Waals surface area (Å²) in [5, 5.41) is 3.33. The van der Waals surface area contributed by atoms with Gasteiger partial charge in [0.2, 0.25) is 0 Å². The first-order chi connectivity index (χ1) is 9.24. The van der Waals surface area contributed by atoms with E-state index in [0.29, 0.717) is 29.9 Å². The van der Waals surface area contributed by atoms with Gasteiger partial charge in [0.1, 0.15) is 11.6 Å². The van der Waals surface area contributed by atoms with Crippen LogP contribution >= 0.6 is 0 Å². The highest BCUT2D eigenvalue weighted by Gasteiger charge is 2.25. The zero-order valence-corrected chi connectivity index (χ0v) is 11.6. The molecule has 0 spiro atoms. The van der Waals surface area contributed by atoms with Gasteiger partial charge < -0.3 is 14.8 Å². The number of ether oxygens (including phenoxy) is 2. The zero-order chi connectivity index (χ0) is 13.7. The predicted molar refractivity (Wildman–Crippen MR) is 72.8 cm³/mol. The highest BCUT2D eigenvalue weighted by molar-refractivity contribution is 5.28. The van der Waals surface area contributed by atoms with Gasteiger partial charge in [0.15, 0.2) is 0 Å². The number of methoxy groups -OCH3 is 1. The molecule has 1 fully saturated rings. The van der Waals surface area contributed by atoms with E-state index in [4.69, 9.17) is 9.47 Å². The van der Waals surface area contributed by atoms with Crippen LogP contribution < -0.4 is 10.1 Å². The Morgan fingerprint density at radius 1 is 1.47 bits per heavy atom. The largest absolute Gasteiger partial charge is 0.497 e. The lowest BCUT2D eigenvalue weighted by molar-refractivity contribution is 0.0872.